The first kappa shape index (κ1) is 17.8. The molecule has 4 rings (SSSR count). The van der Waals surface area contributed by atoms with Crippen LogP contribution in [-0.2, 0) is 19.4 Å². The molecule has 0 atom stereocenters. The van der Waals surface area contributed by atoms with Gasteiger partial charge in [-0.3, -0.25) is 10.00 Å². The summed E-state index contributed by atoms with van der Waals surface area (Å²) in [5, 5.41) is 7.82. The minimum absolute atomic E-state index is 0.734. The average Bonchev–Trinajstić information content (AvgIpc) is 3.15. The number of aryl methyl sites for hydroxylation is 1. The highest BCUT2D eigenvalue weighted by Crippen LogP contribution is 2.29. The van der Waals surface area contributed by atoms with Crippen molar-refractivity contribution in [1.29, 1.82) is 0 Å². The molecule has 1 aliphatic heterocycles. The van der Waals surface area contributed by atoms with Gasteiger partial charge in [-0.15, -0.1) is 0 Å². The molecule has 0 aliphatic carbocycles. The Kier molecular flexibility index (Phi) is 5.54. The summed E-state index contributed by atoms with van der Waals surface area (Å²) in [6.45, 7) is 6.13. The van der Waals surface area contributed by atoms with Crippen LogP contribution in [0.2, 0.25) is 0 Å². The summed E-state index contributed by atoms with van der Waals surface area (Å²) >= 11 is 0. The molecule has 0 radical (unpaired) electrons. The normalized spacial score (nSPS) is 14.1. The number of fused-ring (bicyclic) bond motifs is 1. The second-order valence-corrected chi connectivity index (χ2v) is 7.11. The zero-order chi connectivity index (χ0) is 18.5. The maximum Gasteiger partial charge on any atom is 0.119 e. The van der Waals surface area contributed by atoms with Crippen LogP contribution in [0.15, 0.2) is 54.6 Å². The molecule has 1 aliphatic rings. The second-order valence-electron chi connectivity index (χ2n) is 7.11. The highest BCUT2D eigenvalue weighted by atomic mass is 16.5. The summed E-state index contributed by atoms with van der Waals surface area (Å²) in [4.78, 5) is 2.46. The van der Waals surface area contributed by atoms with Crippen LogP contribution in [0.4, 0.5) is 0 Å². The van der Waals surface area contributed by atoms with Crippen LogP contribution in [-0.4, -0.2) is 34.8 Å². The van der Waals surface area contributed by atoms with E-state index in [2.05, 4.69) is 76.6 Å². The third-order valence-electron chi connectivity index (χ3n) is 5.31. The van der Waals surface area contributed by atoms with Crippen molar-refractivity contribution >= 4 is 0 Å². The summed E-state index contributed by atoms with van der Waals surface area (Å²) in [7, 11) is 0. The molecule has 2 aromatic carbocycles. The van der Waals surface area contributed by atoms with Crippen molar-refractivity contribution in [3.05, 3.63) is 71.4 Å². The lowest BCUT2D eigenvalue weighted by Crippen LogP contribution is -2.30. The Morgan fingerprint density at radius 2 is 1.89 bits per heavy atom. The van der Waals surface area contributed by atoms with Crippen LogP contribution in [0.1, 0.15) is 30.2 Å². The van der Waals surface area contributed by atoms with Gasteiger partial charge < -0.3 is 4.74 Å². The first-order chi connectivity index (χ1) is 13.3. The van der Waals surface area contributed by atoms with Gasteiger partial charge in [0.15, 0.2) is 0 Å². The molecule has 4 heteroatoms. The molecule has 0 saturated heterocycles. The molecule has 0 unspecified atom stereocenters. The summed E-state index contributed by atoms with van der Waals surface area (Å²) in [6.07, 6.45) is 3.12. The minimum atomic E-state index is 0.734. The van der Waals surface area contributed by atoms with Crippen LogP contribution < -0.4 is 4.74 Å². The summed E-state index contributed by atoms with van der Waals surface area (Å²) < 4.78 is 5.91. The van der Waals surface area contributed by atoms with Gasteiger partial charge in [0.1, 0.15) is 5.75 Å². The number of likely N-dealkylation sites (N-methyl/N-ethyl adjacent to an activating group) is 1. The average molecular weight is 361 g/mol. The van der Waals surface area contributed by atoms with Gasteiger partial charge in [-0.25, -0.2) is 0 Å². The highest BCUT2D eigenvalue weighted by Gasteiger charge is 2.21. The first-order valence-corrected chi connectivity index (χ1v) is 9.89. The predicted octanol–water partition coefficient (Wildman–Crippen LogP) is 4.47. The van der Waals surface area contributed by atoms with Crippen molar-refractivity contribution in [3.63, 3.8) is 0 Å². The van der Waals surface area contributed by atoms with Crippen molar-refractivity contribution in [2.24, 2.45) is 0 Å². The zero-order valence-electron chi connectivity index (χ0n) is 15.9. The van der Waals surface area contributed by atoms with Gasteiger partial charge in [0.05, 0.1) is 12.3 Å². The number of aromatic nitrogens is 2. The molecule has 0 bridgehead atoms. The van der Waals surface area contributed by atoms with E-state index in [0.717, 1.165) is 62.5 Å². The Morgan fingerprint density at radius 1 is 1.07 bits per heavy atom. The van der Waals surface area contributed by atoms with Gasteiger partial charge in [-0.05, 0) is 49.2 Å². The van der Waals surface area contributed by atoms with E-state index in [-0.39, 0.29) is 0 Å². The molecule has 3 aromatic rings. The van der Waals surface area contributed by atoms with Crippen LogP contribution in [0.25, 0.3) is 11.3 Å². The van der Waals surface area contributed by atoms with Crippen molar-refractivity contribution in [2.45, 2.75) is 32.7 Å². The fraction of sp³-hybridized carbons (Fsp3) is 0.348. The van der Waals surface area contributed by atoms with Gasteiger partial charge in [0.2, 0.25) is 0 Å². The van der Waals surface area contributed by atoms with Crippen molar-refractivity contribution in [3.8, 4) is 17.0 Å². The van der Waals surface area contributed by atoms with Gasteiger partial charge >= 0.3 is 0 Å². The number of aromatic amines is 1. The van der Waals surface area contributed by atoms with E-state index in [1.165, 1.54) is 16.8 Å². The molecular weight excluding hydrogens is 334 g/mol. The van der Waals surface area contributed by atoms with Crippen molar-refractivity contribution in [1.82, 2.24) is 15.1 Å². The topological polar surface area (TPSA) is 41.2 Å². The Balaban J connectivity index is 1.35. The fourth-order valence-electron chi connectivity index (χ4n) is 3.68. The fourth-order valence-corrected chi connectivity index (χ4v) is 3.68. The van der Waals surface area contributed by atoms with E-state index in [0.29, 0.717) is 0 Å². The van der Waals surface area contributed by atoms with Gasteiger partial charge in [0, 0.05) is 36.3 Å². The van der Waals surface area contributed by atoms with Crippen molar-refractivity contribution in [2.75, 3.05) is 19.7 Å². The maximum atomic E-state index is 5.91. The predicted molar refractivity (Wildman–Crippen MR) is 109 cm³/mol. The quantitative estimate of drug-likeness (QED) is 0.632. The molecule has 1 aromatic heterocycles. The maximum absolute atomic E-state index is 5.91. The molecule has 4 nitrogen and oxygen atoms in total. The van der Waals surface area contributed by atoms with Crippen molar-refractivity contribution < 1.29 is 4.74 Å². The van der Waals surface area contributed by atoms with Gasteiger partial charge in [0.25, 0.3) is 0 Å². The highest BCUT2D eigenvalue weighted by molar-refractivity contribution is 5.65. The molecule has 0 fully saturated rings. The Labute approximate surface area is 161 Å². The Bertz CT molecular complexity index is 855. The number of nitrogens with one attached hydrogen (secondary N) is 1. The van der Waals surface area contributed by atoms with E-state index in [1.807, 2.05) is 0 Å². The smallest absolute Gasteiger partial charge is 0.119 e. The molecule has 0 saturated carbocycles. The summed E-state index contributed by atoms with van der Waals surface area (Å²) in [6, 6.07) is 18.9. The number of H-pyrrole nitrogens is 1. The number of hydrogen-bond donors (Lipinski definition) is 1. The van der Waals surface area contributed by atoms with Gasteiger partial charge in [-0.2, -0.15) is 5.10 Å². The van der Waals surface area contributed by atoms with E-state index < -0.39 is 0 Å². The van der Waals surface area contributed by atoms with Crippen LogP contribution in [0.5, 0.6) is 5.75 Å². The van der Waals surface area contributed by atoms with Crippen LogP contribution in [0, 0.1) is 0 Å². The first-order valence-electron chi connectivity index (χ1n) is 9.89. The summed E-state index contributed by atoms with van der Waals surface area (Å²) in [5.41, 5.74) is 6.23. The molecule has 2 heterocycles. The largest absolute Gasteiger partial charge is 0.494 e. The number of nitrogens with zero attached hydrogens (tertiary/aromatic N) is 2. The second kappa shape index (κ2) is 8.40. The van der Waals surface area contributed by atoms with Gasteiger partial charge in [-0.1, -0.05) is 37.3 Å². The SMILES string of the molecule is CCN1CCc2[nH]nc(-c3ccc(OCCCc4ccccc4)cc3)c2C1. The van der Waals surface area contributed by atoms with Crippen LogP contribution in [0.3, 0.4) is 0 Å². The lowest BCUT2D eigenvalue weighted by atomic mass is 10.0. The third-order valence-corrected chi connectivity index (χ3v) is 5.31. The standard InChI is InChI=1S/C23H27N3O/c1-2-26-15-14-22-21(17-26)23(25-24-22)19-10-12-20(13-11-19)27-16-6-9-18-7-4-3-5-8-18/h3-5,7-8,10-13H,2,6,9,14-17H2,1H3,(H,24,25). The molecule has 1 N–H and O–H groups in total. The lowest BCUT2D eigenvalue weighted by molar-refractivity contribution is 0.267. The number of benzene rings is 2. The lowest BCUT2D eigenvalue weighted by Gasteiger charge is -2.25. The van der Waals surface area contributed by atoms with E-state index in [9.17, 15) is 0 Å². The number of rotatable bonds is 7. The van der Waals surface area contributed by atoms with E-state index >= 15 is 0 Å². The van der Waals surface area contributed by atoms with Crippen LogP contribution >= 0.6 is 0 Å². The Hall–Kier alpha value is -2.59. The molecule has 0 spiro atoms. The number of ether oxygens (including phenoxy) is 1. The number of hydrogen-bond acceptors (Lipinski definition) is 3. The molecule has 0 amide bonds. The Morgan fingerprint density at radius 3 is 2.67 bits per heavy atom. The molecule has 27 heavy (non-hydrogen) atoms. The molecular formula is C23H27N3O. The monoisotopic (exact) mass is 361 g/mol. The third kappa shape index (κ3) is 4.22. The van der Waals surface area contributed by atoms with E-state index in [1.54, 1.807) is 0 Å². The summed E-state index contributed by atoms with van der Waals surface area (Å²) in [5.74, 6) is 0.923. The van der Waals surface area contributed by atoms with E-state index in [4.69, 9.17) is 4.74 Å². The minimum Gasteiger partial charge on any atom is -0.494 e. The zero-order valence-corrected chi connectivity index (χ0v) is 15.9. The molecule has 140 valence electrons.